The number of aliphatic hydroxyl groups is 1. The number of aliphatic hydroxyl groups excluding tert-OH is 1. The molecule has 1 aliphatic rings. The van der Waals surface area contributed by atoms with Gasteiger partial charge in [-0.05, 0) is 23.6 Å². The third kappa shape index (κ3) is 5.95. The molecule has 3 N–H and O–H groups in total. The fraction of sp³-hybridized carbons (Fsp3) is 0.350. The van der Waals surface area contributed by atoms with Crippen molar-refractivity contribution in [3.63, 3.8) is 0 Å². The first-order valence-corrected chi connectivity index (χ1v) is 9.94. The van der Waals surface area contributed by atoms with Crippen LogP contribution >= 0.6 is 11.9 Å². The zero-order valence-electron chi connectivity index (χ0n) is 15.9. The first-order valence-electron chi connectivity index (χ1n) is 9.17. The van der Waals surface area contributed by atoms with Gasteiger partial charge >= 0.3 is 6.09 Å². The molecule has 150 valence electrons. The monoisotopic (exact) mass is 404 g/mol. The van der Waals surface area contributed by atoms with Crippen LogP contribution in [-0.4, -0.2) is 59.8 Å². The van der Waals surface area contributed by atoms with Crippen LogP contribution in [0.15, 0.2) is 59.5 Å². The van der Waals surface area contributed by atoms with Gasteiger partial charge in [-0.3, -0.25) is 0 Å². The molecule has 0 radical (unpaired) electrons. The van der Waals surface area contributed by atoms with Crippen LogP contribution in [0.25, 0.3) is 0 Å². The Bertz CT molecular complexity index is 762. The highest BCUT2D eigenvalue weighted by Crippen LogP contribution is 2.28. The van der Waals surface area contributed by atoms with Gasteiger partial charge in [0.25, 0.3) is 0 Å². The summed E-state index contributed by atoms with van der Waals surface area (Å²) in [4.78, 5) is 20.2. The zero-order chi connectivity index (χ0) is 19.8. The minimum absolute atomic E-state index is 0.227. The summed E-state index contributed by atoms with van der Waals surface area (Å²) in [7, 11) is 1.62. The van der Waals surface area contributed by atoms with Crippen LogP contribution in [0.2, 0.25) is 0 Å². The van der Waals surface area contributed by atoms with Crippen LogP contribution in [0.4, 0.5) is 10.5 Å². The molecule has 2 aromatic carbocycles. The summed E-state index contributed by atoms with van der Waals surface area (Å²) >= 11 is 1.56. The summed E-state index contributed by atoms with van der Waals surface area (Å²) in [5, 5.41) is 10.4. The number of carbonyl (C=O) groups is 1. The van der Waals surface area contributed by atoms with Gasteiger partial charge in [0, 0.05) is 25.7 Å². The second-order valence-electron chi connectivity index (χ2n) is 6.51. The van der Waals surface area contributed by atoms with Gasteiger partial charge in [-0.1, -0.05) is 42.5 Å². The molecule has 0 aliphatic carbocycles. The maximum absolute atomic E-state index is 12.4. The smallest absolute Gasteiger partial charge is 0.410 e. The number of carbonyl (C=O) groups excluding carboxylic acids is 1. The van der Waals surface area contributed by atoms with Crippen molar-refractivity contribution in [2.24, 2.45) is 0 Å². The normalized spacial score (nSPS) is 17.9. The van der Waals surface area contributed by atoms with E-state index in [1.54, 1.807) is 29.4 Å². The summed E-state index contributed by atoms with van der Waals surface area (Å²) in [6.07, 6.45) is -1.04. The topological polar surface area (TPSA) is 78.9 Å². The first-order chi connectivity index (χ1) is 13.7. The Labute approximate surface area is 169 Å². The number of benzene rings is 2. The van der Waals surface area contributed by atoms with Crippen LogP contribution in [0, 0.1) is 0 Å². The van der Waals surface area contributed by atoms with Crippen molar-refractivity contribution in [3.8, 4) is 0 Å². The average Bonchev–Trinajstić information content (AvgIpc) is 2.90. The predicted molar refractivity (Wildman–Crippen MR) is 107 cm³/mol. The lowest BCUT2D eigenvalue weighted by atomic mass is 10.2. The van der Waals surface area contributed by atoms with Gasteiger partial charge in [0.1, 0.15) is 6.61 Å². The molecule has 7 nitrogen and oxygen atoms in total. The van der Waals surface area contributed by atoms with Gasteiger partial charge < -0.3 is 14.7 Å². The molecule has 0 saturated carbocycles. The Balaban J connectivity index is 1.56. The second kappa shape index (κ2) is 10.4. The van der Waals surface area contributed by atoms with Crippen LogP contribution in [0.5, 0.6) is 0 Å². The Kier molecular flexibility index (Phi) is 7.70. The molecule has 1 saturated heterocycles. The Morgan fingerprint density at radius 2 is 1.89 bits per heavy atom. The predicted octanol–water partition coefficient (Wildman–Crippen LogP) is 1.77. The van der Waals surface area contributed by atoms with Crippen molar-refractivity contribution < 1.29 is 25.0 Å². The molecule has 2 aromatic rings. The zero-order valence-corrected chi connectivity index (χ0v) is 16.7. The van der Waals surface area contributed by atoms with E-state index >= 15 is 0 Å². The summed E-state index contributed by atoms with van der Waals surface area (Å²) < 4.78 is 7.47. The SMILES string of the molecule is CO[NH2+]c1ccccc1SN1CCN(C(=O)OCc2ccccc2)CC(O)C1. The van der Waals surface area contributed by atoms with E-state index in [1.807, 2.05) is 54.6 Å². The Morgan fingerprint density at radius 1 is 1.14 bits per heavy atom. The summed E-state index contributed by atoms with van der Waals surface area (Å²) in [5.41, 5.74) is 3.62. The maximum atomic E-state index is 12.4. The molecule has 28 heavy (non-hydrogen) atoms. The molecule has 0 bridgehead atoms. The lowest BCUT2D eigenvalue weighted by Gasteiger charge is -2.21. The quantitative estimate of drug-likeness (QED) is 0.434. The summed E-state index contributed by atoms with van der Waals surface area (Å²) in [6, 6.07) is 17.5. The molecule has 3 rings (SSSR count). The fourth-order valence-electron chi connectivity index (χ4n) is 2.95. The van der Waals surface area contributed by atoms with Crippen molar-refractivity contribution >= 4 is 23.7 Å². The lowest BCUT2D eigenvalue weighted by molar-refractivity contribution is -0.831. The molecular formula is C20H26N3O4S+. The molecule has 0 aromatic heterocycles. The number of hydrogen-bond acceptors (Lipinski definition) is 6. The number of quaternary nitrogens is 1. The highest BCUT2D eigenvalue weighted by atomic mass is 32.2. The van der Waals surface area contributed by atoms with Crippen molar-refractivity contribution in [2.45, 2.75) is 17.6 Å². The number of nitrogens with two attached hydrogens (primary N) is 1. The van der Waals surface area contributed by atoms with Crippen LogP contribution in [-0.2, 0) is 16.2 Å². The minimum Gasteiger partial charge on any atom is -0.445 e. The molecule has 1 amide bonds. The van der Waals surface area contributed by atoms with Crippen LogP contribution in [0.1, 0.15) is 5.56 Å². The largest absolute Gasteiger partial charge is 0.445 e. The standard InChI is InChI=1S/C20H25N3O4S/c1-26-21-18-9-5-6-10-19(18)28-23-12-11-22(13-17(24)14-23)20(25)27-15-16-7-3-2-4-8-16/h2-10,17,21,24H,11-15H2,1H3/p+1. The second-order valence-corrected chi connectivity index (χ2v) is 7.65. The summed E-state index contributed by atoms with van der Waals surface area (Å²) in [5.74, 6) is 0. The molecule has 1 fully saturated rings. The number of hydrogen-bond donors (Lipinski definition) is 2. The molecule has 0 spiro atoms. The number of ether oxygens (including phenoxy) is 1. The van der Waals surface area contributed by atoms with E-state index < -0.39 is 12.2 Å². The third-order valence-electron chi connectivity index (χ3n) is 4.32. The van der Waals surface area contributed by atoms with Crippen molar-refractivity contribution in [3.05, 3.63) is 60.2 Å². The van der Waals surface area contributed by atoms with Gasteiger partial charge in [0.2, 0.25) is 0 Å². The van der Waals surface area contributed by atoms with Gasteiger partial charge in [0.15, 0.2) is 5.69 Å². The van der Waals surface area contributed by atoms with E-state index in [4.69, 9.17) is 9.57 Å². The highest BCUT2D eigenvalue weighted by Gasteiger charge is 2.26. The Hall–Kier alpha value is -2.10. The van der Waals surface area contributed by atoms with Gasteiger partial charge in [0.05, 0.1) is 24.7 Å². The number of amides is 1. The van der Waals surface area contributed by atoms with E-state index in [2.05, 4.69) is 4.31 Å². The first kappa shape index (κ1) is 20.6. The van der Waals surface area contributed by atoms with E-state index in [0.29, 0.717) is 19.6 Å². The van der Waals surface area contributed by atoms with Crippen LogP contribution < -0.4 is 5.48 Å². The maximum Gasteiger partial charge on any atom is 0.410 e. The number of rotatable bonds is 6. The average molecular weight is 405 g/mol. The number of nitrogens with zero attached hydrogens (tertiary/aromatic N) is 2. The van der Waals surface area contributed by atoms with E-state index in [0.717, 1.165) is 16.1 Å². The molecule has 1 unspecified atom stereocenters. The third-order valence-corrected chi connectivity index (χ3v) is 5.48. The molecule has 1 aliphatic heterocycles. The fourth-order valence-corrected chi connectivity index (χ4v) is 4.01. The Morgan fingerprint density at radius 3 is 2.68 bits per heavy atom. The molecular weight excluding hydrogens is 378 g/mol. The minimum atomic E-state index is -0.641. The van der Waals surface area contributed by atoms with E-state index in [1.165, 1.54) is 0 Å². The van der Waals surface area contributed by atoms with Gasteiger partial charge in [-0.2, -0.15) is 5.48 Å². The highest BCUT2D eigenvalue weighted by molar-refractivity contribution is 7.97. The molecule has 8 heteroatoms. The van der Waals surface area contributed by atoms with Crippen molar-refractivity contribution in [2.75, 3.05) is 33.3 Å². The summed E-state index contributed by atoms with van der Waals surface area (Å²) in [6.45, 7) is 2.08. The molecule has 1 heterocycles. The molecule has 1 atom stereocenters. The number of β-amino-alcohol motifs (C(OH)–C–C–N with tert-alkyl or cyclic N) is 1. The van der Waals surface area contributed by atoms with Gasteiger partial charge in [-0.25, -0.2) is 13.9 Å². The van der Waals surface area contributed by atoms with Crippen molar-refractivity contribution in [1.29, 1.82) is 0 Å². The van der Waals surface area contributed by atoms with Gasteiger partial charge in [-0.15, -0.1) is 0 Å². The van der Waals surface area contributed by atoms with Crippen molar-refractivity contribution in [1.82, 2.24) is 9.21 Å². The van der Waals surface area contributed by atoms with E-state index in [-0.39, 0.29) is 13.2 Å². The van der Waals surface area contributed by atoms with Crippen LogP contribution in [0.3, 0.4) is 0 Å². The van der Waals surface area contributed by atoms with E-state index in [9.17, 15) is 9.90 Å². The lowest BCUT2D eigenvalue weighted by Crippen LogP contribution is -2.76.